The summed E-state index contributed by atoms with van der Waals surface area (Å²) >= 11 is 7.24. The molecule has 4 rings (SSSR count). The first kappa shape index (κ1) is 21.4. The zero-order valence-corrected chi connectivity index (χ0v) is 19.3. The van der Waals surface area contributed by atoms with Crippen molar-refractivity contribution in [2.75, 3.05) is 30.9 Å². The first-order valence-corrected chi connectivity index (χ1v) is 12.1. The molecule has 8 heteroatoms. The topological polar surface area (TPSA) is 70.2 Å². The third-order valence-corrected chi connectivity index (χ3v) is 7.34. The van der Waals surface area contributed by atoms with Crippen molar-refractivity contribution in [2.45, 2.75) is 57.4 Å². The standard InChI is InChI=1S/C22H30ClN5OS/c1-28(2)20-16-5-3-4-6-17(16)26-22(27-20)25-15-9-7-14(8-10-15)13-24-21(29)18-11-12-19(23)30-18/h11-12,14-15H,3-10,13H2,1-2H3,(H,24,29)(H,25,26,27). The van der Waals surface area contributed by atoms with Crippen LogP contribution in [0.15, 0.2) is 12.1 Å². The third kappa shape index (κ3) is 5.06. The number of aromatic nitrogens is 2. The summed E-state index contributed by atoms with van der Waals surface area (Å²) in [5.74, 6) is 2.33. The van der Waals surface area contributed by atoms with Gasteiger partial charge in [-0.1, -0.05) is 11.6 Å². The minimum Gasteiger partial charge on any atom is -0.362 e. The monoisotopic (exact) mass is 447 g/mol. The second-order valence-electron chi connectivity index (χ2n) is 8.57. The minimum atomic E-state index is -0.0224. The summed E-state index contributed by atoms with van der Waals surface area (Å²) in [6.07, 6.45) is 8.90. The number of hydrogen-bond acceptors (Lipinski definition) is 6. The Balaban J connectivity index is 1.29. The summed E-state index contributed by atoms with van der Waals surface area (Å²) < 4.78 is 0.647. The number of carbonyl (C=O) groups is 1. The van der Waals surface area contributed by atoms with Crippen LogP contribution < -0.4 is 15.5 Å². The van der Waals surface area contributed by atoms with Gasteiger partial charge in [0.05, 0.1) is 14.9 Å². The van der Waals surface area contributed by atoms with Crippen LogP contribution in [0.25, 0.3) is 0 Å². The van der Waals surface area contributed by atoms with E-state index in [2.05, 4.69) is 29.6 Å². The molecule has 1 amide bonds. The zero-order chi connectivity index (χ0) is 21.1. The predicted molar refractivity (Wildman–Crippen MR) is 124 cm³/mol. The average molecular weight is 448 g/mol. The van der Waals surface area contributed by atoms with Gasteiger partial charge in [-0.3, -0.25) is 4.79 Å². The van der Waals surface area contributed by atoms with Crippen LogP contribution in [0.3, 0.4) is 0 Å². The lowest BCUT2D eigenvalue weighted by Gasteiger charge is -2.30. The van der Waals surface area contributed by atoms with Gasteiger partial charge in [0.2, 0.25) is 5.95 Å². The molecule has 0 saturated heterocycles. The predicted octanol–water partition coefficient (Wildman–Crippen LogP) is 4.54. The van der Waals surface area contributed by atoms with E-state index in [1.807, 2.05) is 0 Å². The van der Waals surface area contributed by atoms with Gasteiger partial charge >= 0.3 is 0 Å². The highest BCUT2D eigenvalue weighted by Gasteiger charge is 2.24. The van der Waals surface area contributed by atoms with E-state index in [-0.39, 0.29) is 5.91 Å². The lowest BCUT2D eigenvalue weighted by molar-refractivity contribution is 0.0947. The van der Waals surface area contributed by atoms with Crippen molar-refractivity contribution in [3.63, 3.8) is 0 Å². The van der Waals surface area contributed by atoms with Crippen LogP contribution >= 0.6 is 22.9 Å². The van der Waals surface area contributed by atoms with E-state index in [4.69, 9.17) is 21.6 Å². The number of thiophene rings is 1. The fraction of sp³-hybridized carbons (Fsp3) is 0.591. The lowest BCUT2D eigenvalue weighted by Crippen LogP contribution is -2.34. The van der Waals surface area contributed by atoms with Crippen LogP contribution in [0.5, 0.6) is 0 Å². The van der Waals surface area contributed by atoms with Crippen molar-refractivity contribution < 1.29 is 4.79 Å². The molecule has 2 aromatic rings. The van der Waals surface area contributed by atoms with Gasteiger partial charge in [-0.15, -0.1) is 11.3 Å². The Morgan fingerprint density at radius 1 is 1.17 bits per heavy atom. The summed E-state index contributed by atoms with van der Waals surface area (Å²) in [6, 6.07) is 3.94. The molecule has 162 valence electrons. The highest BCUT2D eigenvalue weighted by Crippen LogP contribution is 2.30. The molecule has 0 atom stereocenters. The van der Waals surface area contributed by atoms with Gasteiger partial charge in [0, 0.05) is 32.2 Å². The quantitative estimate of drug-likeness (QED) is 0.680. The molecule has 30 heavy (non-hydrogen) atoms. The van der Waals surface area contributed by atoms with Gasteiger partial charge in [0.25, 0.3) is 5.91 Å². The van der Waals surface area contributed by atoms with Crippen molar-refractivity contribution in [2.24, 2.45) is 5.92 Å². The van der Waals surface area contributed by atoms with E-state index in [0.29, 0.717) is 21.2 Å². The number of carbonyl (C=O) groups excluding carboxylic acids is 1. The molecule has 1 saturated carbocycles. The lowest BCUT2D eigenvalue weighted by atomic mass is 9.86. The molecule has 6 nitrogen and oxygen atoms in total. The Morgan fingerprint density at radius 3 is 2.63 bits per heavy atom. The average Bonchev–Trinajstić information content (AvgIpc) is 3.19. The summed E-state index contributed by atoms with van der Waals surface area (Å²) in [4.78, 5) is 24.7. The van der Waals surface area contributed by atoms with Crippen LogP contribution in [0.2, 0.25) is 4.34 Å². The van der Waals surface area contributed by atoms with Gasteiger partial charge in [0.15, 0.2) is 0 Å². The largest absolute Gasteiger partial charge is 0.362 e. The number of rotatable bonds is 6. The Kier molecular flexibility index (Phi) is 6.78. The maximum absolute atomic E-state index is 12.2. The summed E-state index contributed by atoms with van der Waals surface area (Å²) in [7, 11) is 4.12. The van der Waals surface area contributed by atoms with Crippen LogP contribution in [0.1, 0.15) is 59.5 Å². The molecule has 2 aliphatic carbocycles. The van der Waals surface area contributed by atoms with Crippen LogP contribution in [-0.4, -0.2) is 42.6 Å². The summed E-state index contributed by atoms with van der Waals surface area (Å²) in [5.41, 5.74) is 2.54. The van der Waals surface area contributed by atoms with Gasteiger partial charge in [-0.25, -0.2) is 4.98 Å². The number of nitrogens with one attached hydrogen (secondary N) is 2. The van der Waals surface area contributed by atoms with Crippen LogP contribution in [0.4, 0.5) is 11.8 Å². The molecule has 0 aromatic carbocycles. The van der Waals surface area contributed by atoms with E-state index in [9.17, 15) is 4.79 Å². The molecule has 0 aliphatic heterocycles. The number of amides is 1. The Bertz CT molecular complexity index is 892. The van der Waals surface area contributed by atoms with Crippen molar-refractivity contribution in [3.05, 3.63) is 32.6 Å². The van der Waals surface area contributed by atoms with Gasteiger partial charge in [0.1, 0.15) is 5.82 Å². The van der Waals surface area contributed by atoms with E-state index < -0.39 is 0 Å². The van der Waals surface area contributed by atoms with Crippen LogP contribution in [-0.2, 0) is 12.8 Å². The molecule has 2 aliphatic rings. The van der Waals surface area contributed by atoms with Crippen molar-refractivity contribution in [1.82, 2.24) is 15.3 Å². The van der Waals surface area contributed by atoms with Crippen molar-refractivity contribution in [1.29, 1.82) is 0 Å². The normalized spacial score (nSPS) is 21.0. The molecule has 0 spiro atoms. The molecular formula is C22H30ClN5OS. The Hall–Kier alpha value is -1.86. The maximum Gasteiger partial charge on any atom is 0.261 e. The molecule has 2 aromatic heterocycles. The smallest absolute Gasteiger partial charge is 0.261 e. The highest BCUT2D eigenvalue weighted by atomic mass is 35.5. The van der Waals surface area contributed by atoms with E-state index in [1.54, 1.807) is 12.1 Å². The molecule has 1 fully saturated rings. The second kappa shape index (κ2) is 9.52. The zero-order valence-electron chi connectivity index (χ0n) is 17.7. The number of anilines is 2. The molecule has 0 radical (unpaired) electrons. The maximum atomic E-state index is 12.2. The van der Waals surface area contributed by atoms with E-state index in [0.717, 1.165) is 56.8 Å². The molecule has 0 unspecified atom stereocenters. The van der Waals surface area contributed by atoms with E-state index >= 15 is 0 Å². The van der Waals surface area contributed by atoms with Gasteiger partial charge < -0.3 is 15.5 Å². The fourth-order valence-corrected chi connectivity index (χ4v) is 5.42. The summed E-state index contributed by atoms with van der Waals surface area (Å²) in [5, 5.41) is 6.65. The van der Waals surface area contributed by atoms with Gasteiger partial charge in [-0.2, -0.15) is 4.98 Å². The first-order chi connectivity index (χ1) is 14.5. The minimum absolute atomic E-state index is 0.0224. The third-order valence-electron chi connectivity index (χ3n) is 6.11. The van der Waals surface area contributed by atoms with Crippen molar-refractivity contribution in [3.8, 4) is 0 Å². The number of nitrogens with zero attached hydrogens (tertiary/aromatic N) is 3. The first-order valence-electron chi connectivity index (χ1n) is 10.9. The SMILES string of the molecule is CN(C)c1nc(NC2CCC(CNC(=O)c3ccc(Cl)s3)CC2)nc2c1CCCC2. The number of fused-ring (bicyclic) bond motifs is 1. The molecular weight excluding hydrogens is 418 g/mol. The Labute approximate surface area is 187 Å². The molecule has 0 bridgehead atoms. The highest BCUT2D eigenvalue weighted by molar-refractivity contribution is 7.17. The van der Waals surface area contributed by atoms with E-state index in [1.165, 1.54) is 35.4 Å². The second-order valence-corrected chi connectivity index (χ2v) is 10.3. The number of hydrogen-bond donors (Lipinski definition) is 2. The van der Waals surface area contributed by atoms with Gasteiger partial charge in [-0.05, 0) is 69.4 Å². The molecule has 2 N–H and O–H groups in total. The fourth-order valence-electron chi connectivity index (χ4n) is 4.46. The molecule has 2 heterocycles. The van der Waals surface area contributed by atoms with Crippen LogP contribution in [0, 0.1) is 5.92 Å². The Morgan fingerprint density at radius 2 is 1.93 bits per heavy atom. The van der Waals surface area contributed by atoms with Crippen molar-refractivity contribution >= 4 is 40.6 Å². The summed E-state index contributed by atoms with van der Waals surface area (Å²) in [6.45, 7) is 0.723. The number of halogens is 1. The number of aryl methyl sites for hydroxylation is 1.